The van der Waals surface area contributed by atoms with E-state index in [2.05, 4.69) is 43.4 Å². The second-order valence-electron chi connectivity index (χ2n) is 5.25. The molecule has 0 saturated heterocycles. The number of aryl methyl sites for hydroxylation is 2. The fraction of sp³-hybridized carbons (Fsp3) is 0.294. The molecular formula is C17H21ClN2. The maximum atomic E-state index is 6.29. The van der Waals surface area contributed by atoms with Gasteiger partial charge in [-0.15, -0.1) is 0 Å². The van der Waals surface area contributed by atoms with Crippen LogP contribution in [0.5, 0.6) is 0 Å². The second-order valence-corrected chi connectivity index (χ2v) is 5.66. The van der Waals surface area contributed by atoms with Crippen molar-refractivity contribution in [3.8, 4) is 0 Å². The average Bonchev–Trinajstić information content (AvgIpc) is 2.37. The van der Waals surface area contributed by atoms with Crippen molar-refractivity contribution in [2.24, 2.45) is 0 Å². The third-order valence-corrected chi connectivity index (χ3v) is 3.84. The number of anilines is 2. The van der Waals surface area contributed by atoms with Crippen molar-refractivity contribution < 1.29 is 0 Å². The largest absolute Gasteiger partial charge is 0.379 e. The van der Waals surface area contributed by atoms with Crippen molar-refractivity contribution in [3.63, 3.8) is 0 Å². The Morgan fingerprint density at radius 3 is 2.20 bits per heavy atom. The summed E-state index contributed by atoms with van der Waals surface area (Å²) in [5.74, 6) is 0. The van der Waals surface area contributed by atoms with Crippen molar-refractivity contribution in [2.75, 3.05) is 24.3 Å². The van der Waals surface area contributed by atoms with Gasteiger partial charge in [0.2, 0.25) is 0 Å². The summed E-state index contributed by atoms with van der Waals surface area (Å²) in [6.45, 7) is 5.10. The molecule has 0 bridgehead atoms. The molecule has 0 aromatic heterocycles. The maximum Gasteiger partial charge on any atom is 0.0786 e. The van der Waals surface area contributed by atoms with E-state index in [9.17, 15) is 0 Å². The summed E-state index contributed by atoms with van der Waals surface area (Å²) < 4.78 is 0. The zero-order chi connectivity index (χ0) is 14.7. The number of benzene rings is 2. The summed E-state index contributed by atoms with van der Waals surface area (Å²) in [7, 11) is 4.01. The van der Waals surface area contributed by atoms with Crippen LogP contribution >= 0.6 is 11.6 Å². The van der Waals surface area contributed by atoms with Crippen molar-refractivity contribution in [3.05, 3.63) is 58.1 Å². The third-order valence-electron chi connectivity index (χ3n) is 3.53. The molecule has 3 heteroatoms. The SMILES string of the molecule is Cc1cccc(C)c1CNc1cccc(Cl)c1N(C)C. The van der Waals surface area contributed by atoms with E-state index < -0.39 is 0 Å². The number of nitrogens with one attached hydrogen (secondary N) is 1. The minimum absolute atomic E-state index is 0.765. The van der Waals surface area contributed by atoms with Gasteiger partial charge in [0.05, 0.1) is 16.4 Å². The van der Waals surface area contributed by atoms with Gasteiger partial charge in [-0.2, -0.15) is 0 Å². The van der Waals surface area contributed by atoms with E-state index in [1.807, 2.05) is 31.1 Å². The van der Waals surface area contributed by atoms with Gasteiger partial charge in [-0.25, -0.2) is 0 Å². The summed E-state index contributed by atoms with van der Waals surface area (Å²) in [4.78, 5) is 2.04. The molecule has 2 rings (SSSR count). The van der Waals surface area contributed by atoms with E-state index in [4.69, 9.17) is 11.6 Å². The minimum atomic E-state index is 0.765. The van der Waals surface area contributed by atoms with Crippen LogP contribution in [-0.2, 0) is 6.54 Å². The maximum absolute atomic E-state index is 6.29. The molecule has 0 radical (unpaired) electrons. The van der Waals surface area contributed by atoms with E-state index in [1.165, 1.54) is 16.7 Å². The summed E-state index contributed by atoms with van der Waals surface area (Å²) in [6.07, 6.45) is 0. The number of hydrogen-bond acceptors (Lipinski definition) is 2. The Balaban J connectivity index is 2.26. The Morgan fingerprint density at radius 2 is 1.60 bits per heavy atom. The highest BCUT2D eigenvalue weighted by Gasteiger charge is 2.09. The molecule has 0 aliphatic carbocycles. The number of hydrogen-bond donors (Lipinski definition) is 1. The van der Waals surface area contributed by atoms with Crippen molar-refractivity contribution >= 4 is 23.0 Å². The van der Waals surface area contributed by atoms with Gasteiger partial charge < -0.3 is 10.2 Å². The number of rotatable bonds is 4. The molecule has 20 heavy (non-hydrogen) atoms. The standard InChI is InChI=1S/C17H21ClN2/c1-12-7-5-8-13(2)14(12)11-19-16-10-6-9-15(18)17(16)20(3)4/h5-10,19H,11H2,1-4H3. The topological polar surface area (TPSA) is 15.3 Å². The summed E-state index contributed by atoms with van der Waals surface area (Å²) >= 11 is 6.29. The molecule has 0 fully saturated rings. The highest BCUT2D eigenvalue weighted by Crippen LogP contribution is 2.33. The molecule has 0 amide bonds. The van der Waals surface area contributed by atoms with Crippen LogP contribution in [0.15, 0.2) is 36.4 Å². The summed E-state index contributed by atoms with van der Waals surface area (Å²) in [6, 6.07) is 12.3. The molecule has 0 aliphatic rings. The highest BCUT2D eigenvalue weighted by molar-refractivity contribution is 6.34. The first-order valence-corrected chi connectivity index (χ1v) is 7.13. The van der Waals surface area contributed by atoms with E-state index >= 15 is 0 Å². The first-order valence-electron chi connectivity index (χ1n) is 6.75. The lowest BCUT2D eigenvalue weighted by molar-refractivity contribution is 1.07. The number of nitrogens with zero attached hydrogens (tertiary/aromatic N) is 1. The molecule has 0 aliphatic heterocycles. The van der Waals surface area contributed by atoms with Crippen LogP contribution in [0.4, 0.5) is 11.4 Å². The monoisotopic (exact) mass is 288 g/mol. The van der Waals surface area contributed by atoms with Crippen LogP contribution < -0.4 is 10.2 Å². The van der Waals surface area contributed by atoms with Gasteiger partial charge in [-0.3, -0.25) is 0 Å². The molecule has 2 aromatic carbocycles. The lowest BCUT2D eigenvalue weighted by atomic mass is 10.0. The Hall–Kier alpha value is -1.67. The molecule has 2 aromatic rings. The van der Waals surface area contributed by atoms with Gasteiger partial charge >= 0.3 is 0 Å². The predicted octanol–water partition coefficient (Wildman–Crippen LogP) is 4.63. The van der Waals surface area contributed by atoms with Crippen LogP contribution in [0.3, 0.4) is 0 Å². The zero-order valence-corrected chi connectivity index (χ0v) is 13.3. The lowest BCUT2D eigenvalue weighted by Gasteiger charge is -2.20. The minimum Gasteiger partial charge on any atom is -0.379 e. The van der Waals surface area contributed by atoms with Crippen LogP contribution in [0.1, 0.15) is 16.7 Å². The van der Waals surface area contributed by atoms with Gasteiger partial charge in [-0.1, -0.05) is 35.9 Å². The van der Waals surface area contributed by atoms with Crippen LogP contribution in [-0.4, -0.2) is 14.1 Å². The van der Waals surface area contributed by atoms with Crippen molar-refractivity contribution in [1.29, 1.82) is 0 Å². The molecule has 1 N–H and O–H groups in total. The van der Waals surface area contributed by atoms with Crippen LogP contribution in [0.2, 0.25) is 5.02 Å². The predicted molar refractivity (Wildman–Crippen MR) is 89.0 cm³/mol. The normalized spacial score (nSPS) is 10.4. The van der Waals surface area contributed by atoms with E-state index in [1.54, 1.807) is 0 Å². The average molecular weight is 289 g/mol. The molecule has 0 spiro atoms. The van der Waals surface area contributed by atoms with Gasteiger partial charge in [0.1, 0.15) is 0 Å². The summed E-state index contributed by atoms with van der Waals surface area (Å²) in [5.41, 5.74) is 6.06. The molecule has 106 valence electrons. The number of para-hydroxylation sites is 1. The van der Waals surface area contributed by atoms with E-state index in [0.29, 0.717) is 0 Å². The first kappa shape index (κ1) is 14.7. The Bertz CT molecular complexity index is 586. The van der Waals surface area contributed by atoms with Crippen molar-refractivity contribution in [2.45, 2.75) is 20.4 Å². The molecule has 0 saturated carbocycles. The quantitative estimate of drug-likeness (QED) is 0.882. The molecule has 0 heterocycles. The van der Waals surface area contributed by atoms with E-state index in [0.717, 1.165) is 22.9 Å². The number of halogens is 1. The Labute approximate surface area is 126 Å². The smallest absolute Gasteiger partial charge is 0.0786 e. The lowest BCUT2D eigenvalue weighted by Crippen LogP contribution is -2.13. The third kappa shape index (κ3) is 3.07. The van der Waals surface area contributed by atoms with Crippen molar-refractivity contribution in [1.82, 2.24) is 0 Å². The molecule has 0 unspecified atom stereocenters. The van der Waals surface area contributed by atoms with Gasteiger partial charge in [0.25, 0.3) is 0 Å². The molecule has 0 atom stereocenters. The van der Waals surface area contributed by atoms with Crippen LogP contribution in [0, 0.1) is 13.8 Å². The Morgan fingerprint density at radius 1 is 1.00 bits per heavy atom. The van der Waals surface area contributed by atoms with Gasteiger partial charge in [0.15, 0.2) is 0 Å². The van der Waals surface area contributed by atoms with E-state index in [-0.39, 0.29) is 0 Å². The fourth-order valence-electron chi connectivity index (χ4n) is 2.42. The second kappa shape index (κ2) is 6.19. The van der Waals surface area contributed by atoms with Gasteiger partial charge in [-0.05, 0) is 42.7 Å². The first-order chi connectivity index (χ1) is 9.50. The van der Waals surface area contributed by atoms with Crippen LogP contribution in [0.25, 0.3) is 0 Å². The fourth-order valence-corrected chi connectivity index (χ4v) is 2.77. The van der Waals surface area contributed by atoms with Gasteiger partial charge in [0, 0.05) is 20.6 Å². The highest BCUT2D eigenvalue weighted by atomic mass is 35.5. The molecule has 2 nitrogen and oxygen atoms in total. The Kier molecular flexibility index (Phi) is 4.56. The molecular weight excluding hydrogens is 268 g/mol. The summed E-state index contributed by atoms with van der Waals surface area (Å²) in [5, 5.41) is 4.27. The zero-order valence-electron chi connectivity index (χ0n) is 12.5.